The number of amides is 2. The number of hydrogen-bond donors (Lipinski definition) is 2. The van der Waals surface area contributed by atoms with Gasteiger partial charge in [-0.2, -0.15) is 0 Å². The van der Waals surface area contributed by atoms with Crippen molar-refractivity contribution in [3.63, 3.8) is 0 Å². The number of nitrogens with zero attached hydrogens (tertiary/aromatic N) is 1. The van der Waals surface area contributed by atoms with Crippen LogP contribution in [0.5, 0.6) is 0 Å². The maximum atomic E-state index is 12.8. The molecule has 5 heteroatoms. The summed E-state index contributed by atoms with van der Waals surface area (Å²) in [4.78, 5) is 27.1. The number of nitrogens with one attached hydrogen (secondary N) is 1. The van der Waals surface area contributed by atoms with Gasteiger partial charge in [-0.3, -0.25) is 9.59 Å². The number of carbonyl (C=O) groups is 2. The van der Waals surface area contributed by atoms with Gasteiger partial charge in [-0.1, -0.05) is 32.0 Å². The molecule has 3 N–H and O–H groups in total. The van der Waals surface area contributed by atoms with E-state index in [2.05, 4.69) is 5.32 Å². The number of benzene rings is 1. The lowest BCUT2D eigenvalue weighted by atomic mass is 9.99. The molecule has 0 radical (unpaired) electrons. The summed E-state index contributed by atoms with van der Waals surface area (Å²) in [7, 11) is 0. The lowest BCUT2D eigenvalue weighted by Crippen LogP contribution is -2.54. The molecule has 1 fully saturated rings. The first-order valence-corrected chi connectivity index (χ1v) is 8.31. The lowest BCUT2D eigenvalue weighted by molar-refractivity contribution is -0.135. The Morgan fingerprint density at radius 3 is 2.39 bits per heavy atom. The van der Waals surface area contributed by atoms with E-state index in [4.69, 9.17) is 5.73 Å². The molecule has 126 valence electrons. The van der Waals surface area contributed by atoms with Gasteiger partial charge in [0, 0.05) is 24.7 Å². The third-order valence-corrected chi connectivity index (χ3v) is 4.46. The molecule has 0 saturated carbocycles. The molecule has 1 aromatic rings. The Bertz CT molecular complexity index is 563. The molecule has 5 nitrogen and oxygen atoms in total. The molecule has 1 atom stereocenters. The van der Waals surface area contributed by atoms with Crippen molar-refractivity contribution in [3.05, 3.63) is 35.4 Å². The maximum Gasteiger partial charge on any atom is 0.252 e. The van der Waals surface area contributed by atoms with Crippen molar-refractivity contribution in [3.8, 4) is 0 Å². The first-order valence-electron chi connectivity index (χ1n) is 8.31. The fourth-order valence-corrected chi connectivity index (χ4v) is 2.88. The largest absolute Gasteiger partial charge is 0.341 e. The zero-order valence-corrected chi connectivity index (χ0v) is 14.2. The minimum atomic E-state index is -0.503. The second-order valence-corrected chi connectivity index (χ2v) is 6.67. The average Bonchev–Trinajstić information content (AvgIpc) is 2.52. The molecule has 0 bridgehead atoms. The first-order chi connectivity index (χ1) is 10.9. The van der Waals surface area contributed by atoms with Crippen molar-refractivity contribution in [1.82, 2.24) is 10.2 Å². The second-order valence-electron chi connectivity index (χ2n) is 6.67. The van der Waals surface area contributed by atoms with Gasteiger partial charge in [0.15, 0.2) is 0 Å². The van der Waals surface area contributed by atoms with Crippen LogP contribution in [0.1, 0.15) is 42.6 Å². The number of nitrogens with two attached hydrogens (primary N) is 1. The molecule has 1 aliphatic rings. The standard InChI is InChI=1S/C18H27N3O2/c1-12(2)16(18(23)21-10-8-14(19)9-11-21)20-17(22)15-7-5-4-6-13(15)3/h4-7,12,14,16H,8-11,19H2,1-3H3,(H,20,22). The number of hydrogen-bond acceptors (Lipinski definition) is 3. The zero-order valence-electron chi connectivity index (χ0n) is 14.2. The van der Waals surface area contributed by atoms with Gasteiger partial charge >= 0.3 is 0 Å². The molecule has 1 unspecified atom stereocenters. The molecule has 1 aromatic carbocycles. The number of rotatable bonds is 4. The Morgan fingerprint density at radius 1 is 1.22 bits per heavy atom. The number of aryl methyl sites for hydroxylation is 1. The first kappa shape index (κ1) is 17.5. The van der Waals surface area contributed by atoms with Crippen LogP contribution in [0, 0.1) is 12.8 Å². The number of likely N-dealkylation sites (tertiary alicyclic amines) is 1. The SMILES string of the molecule is Cc1ccccc1C(=O)NC(C(=O)N1CCC(N)CC1)C(C)C. The van der Waals surface area contributed by atoms with Crippen LogP contribution in [0.2, 0.25) is 0 Å². The van der Waals surface area contributed by atoms with Crippen molar-refractivity contribution in [2.24, 2.45) is 11.7 Å². The van der Waals surface area contributed by atoms with E-state index in [1.165, 1.54) is 0 Å². The second kappa shape index (κ2) is 7.59. The molecule has 1 heterocycles. The Labute approximate surface area is 138 Å². The smallest absolute Gasteiger partial charge is 0.252 e. The molecule has 1 saturated heterocycles. The molecule has 23 heavy (non-hydrogen) atoms. The van der Waals surface area contributed by atoms with E-state index < -0.39 is 6.04 Å². The minimum absolute atomic E-state index is 0.00571. The Balaban J connectivity index is 2.08. The number of piperidine rings is 1. The van der Waals surface area contributed by atoms with Crippen molar-refractivity contribution in [2.75, 3.05) is 13.1 Å². The van der Waals surface area contributed by atoms with Crippen LogP contribution in [-0.2, 0) is 4.79 Å². The number of carbonyl (C=O) groups excluding carboxylic acids is 2. The summed E-state index contributed by atoms with van der Waals surface area (Å²) in [6, 6.07) is 7.09. The van der Waals surface area contributed by atoms with Gasteiger partial charge in [-0.25, -0.2) is 0 Å². The van der Waals surface area contributed by atoms with Crippen molar-refractivity contribution in [2.45, 2.75) is 45.7 Å². The Morgan fingerprint density at radius 2 is 1.83 bits per heavy atom. The summed E-state index contributed by atoms with van der Waals surface area (Å²) < 4.78 is 0. The summed E-state index contributed by atoms with van der Waals surface area (Å²) in [5.41, 5.74) is 7.42. The third kappa shape index (κ3) is 4.32. The van der Waals surface area contributed by atoms with Crippen LogP contribution < -0.4 is 11.1 Å². The van der Waals surface area contributed by atoms with Crippen molar-refractivity contribution in [1.29, 1.82) is 0 Å². The summed E-state index contributed by atoms with van der Waals surface area (Å²) >= 11 is 0. The van der Waals surface area contributed by atoms with Crippen LogP contribution in [0.15, 0.2) is 24.3 Å². The highest BCUT2D eigenvalue weighted by Crippen LogP contribution is 2.14. The van der Waals surface area contributed by atoms with E-state index in [0.717, 1.165) is 18.4 Å². The summed E-state index contributed by atoms with van der Waals surface area (Å²) in [6.45, 7) is 7.15. The molecule has 0 aromatic heterocycles. The van der Waals surface area contributed by atoms with Crippen molar-refractivity contribution < 1.29 is 9.59 Å². The van der Waals surface area contributed by atoms with Gasteiger partial charge in [0.25, 0.3) is 5.91 Å². The van der Waals surface area contributed by atoms with E-state index in [0.29, 0.717) is 18.7 Å². The summed E-state index contributed by atoms with van der Waals surface area (Å²) in [5.74, 6) is -0.163. The lowest BCUT2D eigenvalue weighted by Gasteiger charge is -2.34. The van der Waals surface area contributed by atoms with Gasteiger partial charge < -0.3 is 16.0 Å². The van der Waals surface area contributed by atoms with Crippen molar-refractivity contribution >= 4 is 11.8 Å². The fraction of sp³-hybridized carbons (Fsp3) is 0.556. The topological polar surface area (TPSA) is 75.4 Å². The molecule has 0 spiro atoms. The Kier molecular flexibility index (Phi) is 5.77. The highest BCUT2D eigenvalue weighted by molar-refractivity contribution is 5.98. The minimum Gasteiger partial charge on any atom is -0.341 e. The van der Waals surface area contributed by atoms with Crippen LogP contribution in [0.25, 0.3) is 0 Å². The van der Waals surface area contributed by atoms with Gasteiger partial charge in [0.1, 0.15) is 6.04 Å². The van der Waals surface area contributed by atoms with E-state index in [1.807, 2.05) is 43.9 Å². The zero-order chi connectivity index (χ0) is 17.0. The maximum absolute atomic E-state index is 12.8. The highest BCUT2D eigenvalue weighted by atomic mass is 16.2. The molecular formula is C18H27N3O2. The fourth-order valence-electron chi connectivity index (χ4n) is 2.88. The van der Waals surface area contributed by atoms with Gasteiger partial charge in [0.05, 0.1) is 0 Å². The van der Waals surface area contributed by atoms with Gasteiger partial charge in [-0.05, 0) is 37.3 Å². The normalized spacial score (nSPS) is 17.2. The molecule has 2 amide bonds. The van der Waals surface area contributed by atoms with Gasteiger partial charge in [0.2, 0.25) is 5.91 Å². The van der Waals surface area contributed by atoms with Crippen LogP contribution in [-0.4, -0.2) is 41.9 Å². The summed E-state index contributed by atoms with van der Waals surface area (Å²) in [6.07, 6.45) is 1.64. The van der Waals surface area contributed by atoms with E-state index in [9.17, 15) is 9.59 Å². The molecular weight excluding hydrogens is 290 g/mol. The Hall–Kier alpha value is -1.88. The third-order valence-electron chi connectivity index (χ3n) is 4.46. The molecule has 1 aliphatic heterocycles. The predicted molar refractivity (Wildman–Crippen MR) is 91.1 cm³/mol. The molecule has 0 aliphatic carbocycles. The van der Waals surface area contributed by atoms with E-state index >= 15 is 0 Å². The average molecular weight is 317 g/mol. The quantitative estimate of drug-likeness (QED) is 0.887. The summed E-state index contributed by atoms with van der Waals surface area (Å²) in [5, 5.41) is 2.92. The monoisotopic (exact) mass is 317 g/mol. The predicted octanol–water partition coefficient (Wildman–Crippen LogP) is 1.70. The van der Waals surface area contributed by atoms with Gasteiger partial charge in [-0.15, -0.1) is 0 Å². The van der Waals surface area contributed by atoms with Crippen LogP contribution >= 0.6 is 0 Å². The van der Waals surface area contributed by atoms with Crippen LogP contribution in [0.4, 0.5) is 0 Å². The van der Waals surface area contributed by atoms with E-state index in [-0.39, 0.29) is 23.8 Å². The van der Waals surface area contributed by atoms with Crippen LogP contribution in [0.3, 0.4) is 0 Å². The van der Waals surface area contributed by atoms with E-state index in [1.54, 1.807) is 6.07 Å². The highest BCUT2D eigenvalue weighted by Gasteiger charge is 2.30. The molecule has 2 rings (SSSR count).